The van der Waals surface area contributed by atoms with Crippen LogP contribution in [0.4, 0.5) is 5.82 Å². The molecule has 1 aromatic carbocycles. The molecule has 0 unspecified atom stereocenters. The van der Waals surface area contributed by atoms with E-state index in [4.69, 9.17) is 21.6 Å². The largest absolute Gasteiger partial charge is 0.467 e. The van der Waals surface area contributed by atoms with Crippen molar-refractivity contribution in [3.63, 3.8) is 0 Å². The Morgan fingerprint density at radius 2 is 2.00 bits per heavy atom. The lowest BCUT2D eigenvalue weighted by molar-refractivity contribution is 0.0227. The molecule has 0 amide bonds. The third-order valence-electron chi connectivity index (χ3n) is 5.71. The molecular formula is C23H28N4O2. The number of nitrogens with zero attached hydrogens (tertiary/aromatic N) is 2. The summed E-state index contributed by atoms with van der Waals surface area (Å²) in [5.74, 6) is 4.27. The van der Waals surface area contributed by atoms with Crippen LogP contribution in [0.3, 0.4) is 0 Å². The first kappa shape index (κ1) is 19.7. The fourth-order valence-corrected chi connectivity index (χ4v) is 4.07. The van der Waals surface area contributed by atoms with Gasteiger partial charge in [0.2, 0.25) is 0 Å². The summed E-state index contributed by atoms with van der Waals surface area (Å²) in [7, 11) is 0. The van der Waals surface area contributed by atoms with Crippen molar-refractivity contribution in [3.8, 4) is 29.4 Å². The van der Waals surface area contributed by atoms with E-state index in [0.717, 1.165) is 54.7 Å². The fraction of sp³-hybridized carbons (Fsp3) is 0.478. The van der Waals surface area contributed by atoms with Crippen LogP contribution in [-0.2, 0) is 17.6 Å². The lowest BCUT2D eigenvalue weighted by atomic mass is 9.86. The maximum Gasteiger partial charge on any atom is 0.189 e. The van der Waals surface area contributed by atoms with E-state index < -0.39 is 0 Å². The van der Waals surface area contributed by atoms with Crippen LogP contribution in [0.2, 0.25) is 0 Å². The topological polar surface area (TPSA) is 82.3 Å². The summed E-state index contributed by atoms with van der Waals surface area (Å²) in [6.45, 7) is 2.70. The van der Waals surface area contributed by atoms with Crippen LogP contribution in [-0.4, -0.2) is 35.7 Å². The predicted octanol–water partition coefficient (Wildman–Crippen LogP) is 3.28. The van der Waals surface area contributed by atoms with Crippen molar-refractivity contribution in [3.05, 3.63) is 34.9 Å². The van der Waals surface area contributed by atoms with Crippen molar-refractivity contribution < 1.29 is 9.47 Å². The molecule has 1 saturated carbocycles. The highest BCUT2D eigenvalue weighted by Gasteiger charge is 2.29. The van der Waals surface area contributed by atoms with Crippen LogP contribution >= 0.6 is 0 Å². The smallest absolute Gasteiger partial charge is 0.189 e. The van der Waals surface area contributed by atoms with Gasteiger partial charge in [0.25, 0.3) is 0 Å². The zero-order chi connectivity index (χ0) is 20.2. The molecule has 1 aromatic heterocycles. The van der Waals surface area contributed by atoms with E-state index in [0.29, 0.717) is 24.4 Å². The molecule has 0 radical (unpaired) electrons. The van der Waals surface area contributed by atoms with Crippen LogP contribution in [0, 0.1) is 12.3 Å². The van der Waals surface area contributed by atoms with Gasteiger partial charge in [-0.15, -0.1) is 16.6 Å². The number of ether oxygens (including phenoxy) is 2. The molecule has 1 fully saturated rings. The first-order chi connectivity index (χ1) is 14.2. The molecule has 2 aliphatic rings. The number of benzene rings is 1. The highest BCUT2D eigenvalue weighted by atomic mass is 16.7. The third-order valence-corrected chi connectivity index (χ3v) is 5.71. The van der Waals surface area contributed by atoms with E-state index in [9.17, 15) is 0 Å². The maximum atomic E-state index is 5.94. The molecule has 152 valence electrons. The number of hydrogen-bond donors (Lipinski definition) is 2. The first-order valence-electron chi connectivity index (χ1n) is 10.4. The summed E-state index contributed by atoms with van der Waals surface area (Å²) in [5, 5.41) is 12.7. The van der Waals surface area contributed by atoms with Crippen LogP contribution in [0.15, 0.2) is 18.2 Å². The van der Waals surface area contributed by atoms with Crippen molar-refractivity contribution in [2.24, 2.45) is 5.73 Å². The Kier molecular flexibility index (Phi) is 5.98. The van der Waals surface area contributed by atoms with Gasteiger partial charge in [-0.2, -0.15) is 0 Å². The lowest BCUT2D eigenvalue weighted by Crippen LogP contribution is -2.44. The molecule has 6 nitrogen and oxygen atoms in total. The summed E-state index contributed by atoms with van der Waals surface area (Å²) >= 11 is 0. The minimum absolute atomic E-state index is 0.175. The molecule has 0 atom stereocenters. The summed E-state index contributed by atoms with van der Waals surface area (Å²) in [5.41, 5.74) is 11.0. The number of anilines is 1. The summed E-state index contributed by atoms with van der Waals surface area (Å²) in [6.07, 6.45) is 11.9. The van der Waals surface area contributed by atoms with E-state index >= 15 is 0 Å². The van der Waals surface area contributed by atoms with Crippen LogP contribution in [0.25, 0.3) is 11.3 Å². The average molecular weight is 393 g/mol. The number of hydrogen-bond acceptors (Lipinski definition) is 6. The van der Waals surface area contributed by atoms with Crippen LogP contribution in [0.5, 0.6) is 5.75 Å². The van der Waals surface area contributed by atoms with Crippen molar-refractivity contribution in [2.75, 3.05) is 18.7 Å². The van der Waals surface area contributed by atoms with Gasteiger partial charge in [-0.25, -0.2) is 0 Å². The number of fused-ring (bicyclic) bond motifs is 1. The van der Waals surface area contributed by atoms with Gasteiger partial charge in [-0.1, -0.05) is 5.92 Å². The summed E-state index contributed by atoms with van der Waals surface area (Å²) in [4.78, 5) is 0. The second kappa shape index (κ2) is 8.81. The first-order valence-corrected chi connectivity index (χ1v) is 10.4. The molecule has 1 heterocycles. The molecule has 2 aliphatic carbocycles. The molecule has 0 saturated heterocycles. The second-order valence-electron chi connectivity index (χ2n) is 7.74. The molecule has 0 spiro atoms. The molecule has 3 N–H and O–H groups in total. The summed E-state index contributed by atoms with van der Waals surface area (Å²) in [6, 6.07) is 6.47. The van der Waals surface area contributed by atoms with E-state index in [-0.39, 0.29) is 6.79 Å². The molecule has 0 bridgehead atoms. The molecule has 29 heavy (non-hydrogen) atoms. The Morgan fingerprint density at radius 3 is 2.72 bits per heavy atom. The van der Waals surface area contributed by atoms with E-state index in [1.807, 2.05) is 25.1 Å². The van der Waals surface area contributed by atoms with Gasteiger partial charge in [0, 0.05) is 35.4 Å². The minimum Gasteiger partial charge on any atom is -0.467 e. The molecule has 0 aliphatic heterocycles. The van der Waals surface area contributed by atoms with Gasteiger partial charge in [-0.05, 0) is 69.2 Å². The highest BCUT2D eigenvalue weighted by Crippen LogP contribution is 2.38. The molecule has 4 rings (SSSR count). The number of aromatic nitrogens is 2. The minimum atomic E-state index is 0.175. The predicted molar refractivity (Wildman–Crippen MR) is 114 cm³/mol. The van der Waals surface area contributed by atoms with Crippen LogP contribution in [0.1, 0.15) is 49.3 Å². The van der Waals surface area contributed by atoms with Gasteiger partial charge in [0.15, 0.2) is 12.6 Å². The molecule has 6 heteroatoms. The van der Waals surface area contributed by atoms with Gasteiger partial charge >= 0.3 is 0 Å². The normalized spacial score (nSPS) is 20.3. The Labute approximate surface area is 172 Å². The van der Waals surface area contributed by atoms with Crippen molar-refractivity contribution in [1.82, 2.24) is 10.2 Å². The Bertz CT molecular complexity index is 916. The zero-order valence-electron chi connectivity index (χ0n) is 16.9. The quantitative estimate of drug-likeness (QED) is 0.427. The second-order valence-corrected chi connectivity index (χ2v) is 7.74. The number of nitrogens with one attached hydrogen (secondary N) is 1. The van der Waals surface area contributed by atoms with Crippen molar-refractivity contribution in [1.29, 1.82) is 0 Å². The van der Waals surface area contributed by atoms with Crippen molar-refractivity contribution in [2.45, 2.75) is 57.5 Å². The lowest BCUT2D eigenvalue weighted by Gasteiger charge is -2.34. The average Bonchev–Trinajstić information content (AvgIpc) is 2.73. The molecule has 2 aromatic rings. The summed E-state index contributed by atoms with van der Waals surface area (Å²) < 4.78 is 11.3. The SMILES string of the molecule is C#Cc1ccc(-c2nnc(NC3CC(N)C3)c3c2CCCC3)c(OCOCC)c1. The highest BCUT2D eigenvalue weighted by molar-refractivity contribution is 5.74. The maximum absolute atomic E-state index is 5.94. The van der Waals surface area contributed by atoms with Gasteiger partial charge in [-0.3, -0.25) is 0 Å². The van der Waals surface area contributed by atoms with Crippen molar-refractivity contribution >= 4 is 5.82 Å². The monoisotopic (exact) mass is 392 g/mol. The number of rotatable bonds is 7. The number of terminal acetylenes is 1. The fourth-order valence-electron chi connectivity index (χ4n) is 4.07. The Balaban J connectivity index is 1.70. The van der Waals surface area contributed by atoms with Crippen LogP contribution < -0.4 is 15.8 Å². The Morgan fingerprint density at radius 1 is 1.21 bits per heavy atom. The third kappa shape index (κ3) is 4.21. The standard InChI is InChI=1S/C23H28N4O2/c1-3-15-9-10-20(21(11-15)29-14-28-4-2)22-18-7-5-6-8-19(18)23(27-26-22)25-17-12-16(24)13-17/h1,9-11,16-17H,4-8,12-14,24H2,2H3,(H,25,27). The van der Waals surface area contributed by atoms with Gasteiger partial charge in [0.1, 0.15) is 11.4 Å². The van der Waals surface area contributed by atoms with E-state index in [1.165, 1.54) is 17.5 Å². The van der Waals surface area contributed by atoms with Gasteiger partial charge < -0.3 is 20.5 Å². The number of nitrogens with two attached hydrogens (primary N) is 1. The Hall–Kier alpha value is -2.62. The zero-order valence-corrected chi connectivity index (χ0v) is 16.9. The van der Waals surface area contributed by atoms with E-state index in [1.54, 1.807) is 0 Å². The van der Waals surface area contributed by atoms with Gasteiger partial charge in [0.05, 0.1) is 0 Å². The van der Waals surface area contributed by atoms with E-state index in [2.05, 4.69) is 21.4 Å². The molecular weight excluding hydrogens is 364 g/mol.